The van der Waals surface area contributed by atoms with Crippen LogP contribution < -0.4 is 20.1 Å². The van der Waals surface area contributed by atoms with Crippen molar-refractivity contribution in [3.8, 4) is 11.5 Å². The molecule has 0 spiro atoms. The molecule has 4 aromatic carbocycles. The van der Waals surface area contributed by atoms with Gasteiger partial charge < -0.3 is 20.1 Å². The minimum Gasteiger partial charge on any atom is -0.497 e. The Balaban J connectivity index is 1.45. The van der Waals surface area contributed by atoms with E-state index in [9.17, 15) is 9.59 Å². The molecule has 184 valence electrons. The lowest BCUT2D eigenvalue weighted by molar-refractivity contribution is -0.115. The normalized spacial score (nSPS) is 11.5. The van der Waals surface area contributed by atoms with Crippen LogP contribution in [0.1, 0.15) is 23.7 Å². The second kappa shape index (κ2) is 11.6. The number of fused-ring (bicyclic) bond motifs is 1. The smallest absolute Gasteiger partial charge is 0.255 e. The zero-order chi connectivity index (χ0) is 25.5. The van der Waals surface area contributed by atoms with E-state index < -0.39 is 0 Å². The van der Waals surface area contributed by atoms with Crippen LogP contribution in [0.2, 0.25) is 0 Å². The van der Waals surface area contributed by atoms with Crippen molar-refractivity contribution < 1.29 is 19.1 Å². The van der Waals surface area contributed by atoms with Crippen molar-refractivity contribution in [1.29, 1.82) is 0 Å². The Bertz CT molecular complexity index is 1390. The van der Waals surface area contributed by atoms with Gasteiger partial charge in [0.2, 0.25) is 5.91 Å². The Morgan fingerprint density at radius 1 is 0.833 bits per heavy atom. The third-order valence-electron chi connectivity index (χ3n) is 5.71. The first kappa shape index (κ1) is 25.1. The van der Waals surface area contributed by atoms with Crippen LogP contribution in [-0.2, 0) is 4.79 Å². The highest BCUT2D eigenvalue weighted by molar-refractivity contribution is 8.00. The summed E-state index contributed by atoms with van der Waals surface area (Å²) in [6, 6.07) is 26.4. The molecule has 0 radical (unpaired) electrons. The fraction of sp³-hybridized carbons (Fsp3) is 0.172. The monoisotopic (exact) mass is 500 g/mol. The molecule has 0 saturated carbocycles. The van der Waals surface area contributed by atoms with Gasteiger partial charge in [0.1, 0.15) is 11.5 Å². The molecule has 4 rings (SSSR count). The zero-order valence-corrected chi connectivity index (χ0v) is 21.2. The average Bonchev–Trinajstić information content (AvgIpc) is 2.91. The Morgan fingerprint density at radius 2 is 1.64 bits per heavy atom. The maximum Gasteiger partial charge on any atom is 0.255 e. The molecule has 1 unspecified atom stereocenters. The molecule has 0 aliphatic carbocycles. The molecule has 7 heteroatoms. The zero-order valence-electron chi connectivity index (χ0n) is 20.4. The van der Waals surface area contributed by atoms with Gasteiger partial charge in [-0.15, -0.1) is 11.8 Å². The number of anilines is 2. The van der Waals surface area contributed by atoms with Crippen LogP contribution in [0.5, 0.6) is 11.5 Å². The van der Waals surface area contributed by atoms with E-state index >= 15 is 0 Å². The average molecular weight is 501 g/mol. The van der Waals surface area contributed by atoms with E-state index in [1.54, 1.807) is 32.4 Å². The topological polar surface area (TPSA) is 76.7 Å². The van der Waals surface area contributed by atoms with Gasteiger partial charge in [0.15, 0.2) is 0 Å². The number of hydrogen-bond acceptors (Lipinski definition) is 5. The van der Waals surface area contributed by atoms with E-state index in [0.717, 1.165) is 15.7 Å². The Hall–Kier alpha value is -3.97. The highest BCUT2D eigenvalue weighted by Gasteiger charge is 2.20. The van der Waals surface area contributed by atoms with Gasteiger partial charge in [-0.2, -0.15) is 0 Å². The highest BCUT2D eigenvalue weighted by atomic mass is 32.2. The van der Waals surface area contributed by atoms with Gasteiger partial charge in [-0.05, 0) is 59.7 Å². The summed E-state index contributed by atoms with van der Waals surface area (Å²) in [6.07, 6.45) is 0.621. The third-order valence-corrected chi connectivity index (χ3v) is 7.07. The van der Waals surface area contributed by atoms with Crippen LogP contribution in [0.15, 0.2) is 89.8 Å². The minimum atomic E-state index is -0.340. The van der Waals surface area contributed by atoms with Crippen molar-refractivity contribution in [3.63, 3.8) is 0 Å². The van der Waals surface area contributed by atoms with Crippen molar-refractivity contribution in [3.05, 3.63) is 90.5 Å². The van der Waals surface area contributed by atoms with Gasteiger partial charge in [-0.1, -0.05) is 43.3 Å². The van der Waals surface area contributed by atoms with E-state index in [2.05, 4.69) is 10.6 Å². The largest absolute Gasteiger partial charge is 0.497 e. The van der Waals surface area contributed by atoms with E-state index in [0.29, 0.717) is 34.9 Å². The van der Waals surface area contributed by atoms with Crippen molar-refractivity contribution in [2.24, 2.45) is 0 Å². The van der Waals surface area contributed by atoms with Gasteiger partial charge in [0.05, 0.1) is 25.2 Å². The second-order valence-corrected chi connectivity index (χ2v) is 9.39. The molecule has 0 aliphatic rings. The summed E-state index contributed by atoms with van der Waals surface area (Å²) < 4.78 is 10.6. The Labute approximate surface area is 215 Å². The molecule has 0 fully saturated rings. The molecule has 1 atom stereocenters. The molecule has 2 N–H and O–H groups in total. The number of thioether (sulfide) groups is 1. The number of nitrogens with one attached hydrogen (secondary N) is 2. The number of ether oxygens (including phenoxy) is 2. The van der Waals surface area contributed by atoms with Crippen molar-refractivity contribution in [2.75, 3.05) is 24.9 Å². The molecule has 0 aliphatic heterocycles. The molecule has 0 saturated heterocycles. The highest BCUT2D eigenvalue weighted by Crippen LogP contribution is 2.32. The summed E-state index contributed by atoms with van der Waals surface area (Å²) in [4.78, 5) is 26.8. The van der Waals surface area contributed by atoms with Crippen LogP contribution in [-0.4, -0.2) is 31.3 Å². The summed E-state index contributed by atoms with van der Waals surface area (Å²) in [5.41, 5.74) is 1.81. The van der Waals surface area contributed by atoms with Crippen LogP contribution >= 0.6 is 11.8 Å². The minimum absolute atomic E-state index is 0.139. The molecule has 0 heterocycles. The molecule has 4 aromatic rings. The van der Waals surface area contributed by atoms with E-state index in [4.69, 9.17) is 9.47 Å². The number of carbonyl (C=O) groups is 2. The molecule has 2 amide bonds. The number of carbonyl (C=O) groups excluding carboxylic acids is 2. The van der Waals surface area contributed by atoms with E-state index in [1.165, 1.54) is 11.8 Å². The summed E-state index contributed by atoms with van der Waals surface area (Å²) in [6.45, 7) is 1.96. The van der Waals surface area contributed by atoms with Gasteiger partial charge in [0, 0.05) is 22.2 Å². The quantitative estimate of drug-likeness (QED) is 0.253. The van der Waals surface area contributed by atoms with E-state index in [-0.39, 0.29) is 17.1 Å². The van der Waals surface area contributed by atoms with Crippen molar-refractivity contribution >= 4 is 45.7 Å². The van der Waals surface area contributed by atoms with Gasteiger partial charge in [-0.25, -0.2) is 0 Å². The third kappa shape index (κ3) is 5.98. The SMILES string of the molecule is CCC(Sc1cccc(NC(=O)c2ccc3ccccc3c2)c1)C(=O)Nc1cc(OC)ccc1OC. The first-order valence-corrected chi connectivity index (χ1v) is 12.5. The maximum atomic E-state index is 13.1. The lowest BCUT2D eigenvalue weighted by Gasteiger charge is -2.17. The standard InChI is InChI=1S/C29H28N2O4S/c1-4-27(29(33)31-25-18-23(34-2)14-15-26(25)35-3)36-24-11-7-10-22(17-24)30-28(32)21-13-12-19-8-5-6-9-20(19)16-21/h5-18,27H,4H2,1-3H3,(H,30,32)(H,31,33). The summed E-state index contributed by atoms with van der Waals surface area (Å²) in [7, 11) is 3.13. The molecule has 36 heavy (non-hydrogen) atoms. The van der Waals surface area contributed by atoms with Crippen molar-refractivity contribution in [2.45, 2.75) is 23.5 Å². The number of methoxy groups -OCH3 is 2. The fourth-order valence-electron chi connectivity index (χ4n) is 3.79. The fourth-order valence-corrected chi connectivity index (χ4v) is 4.81. The van der Waals surface area contributed by atoms with Gasteiger partial charge >= 0.3 is 0 Å². The lowest BCUT2D eigenvalue weighted by atomic mass is 10.1. The summed E-state index contributed by atoms with van der Waals surface area (Å²) in [5.74, 6) is 0.863. The number of benzene rings is 4. The molecular formula is C29H28N2O4S. The maximum absolute atomic E-state index is 13.1. The molecule has 6 nitrogen and oxygen atoms in total. The summed E-state index contributed by atoms with van der Waals surface area (Å²) in [5, 5.41) is 7.68. The van der Waals surface area contributed by atoms with E-state index in [1.807, 2.05) is 73.7 Å². The summed E-state index contributed by atoms with van der Waals surface area (Å²) >= 11 is 1.44. The Kier molecular flexibility index (Phi) is 8.13. The molecule has 0 bridgehead atoms. The van der Waals surface area contributed by atoms with Crippen LogP contribution in [0.3, 0.4) is 0 Å². The van der Waals surface area contributed by atoms with Crippen molar-refractivity contribution in [1.82, 2.24) is 0 Å². The van der Waals surface area contributed by atoms with Crippen LogP contribution in [0.4, 0.5) is 11.4 Å². The molecule has 0 aromatic heterocycles. The predicted octanol–water partition coefficient (Wildman–Crippen LogP) is 6.62. The predicted molar refractivity (Wildman–Crippen MR) is 146 cm³/mol. The number of rotatable bonds is 9. The first-order chi connectivity index (χ1) is 17.5. The van der Waals surface area contributed by atoms with Crippen LogP contribution in [0.25, 0.3) is 10.8 Å². The Morgan fingerprint density at radius 3 is 2.39 bits per heavy atom. The van der Waals surface area contributed by atoms with Gasteiger partial charge in [-0.3, -0.25) is 9.59 Å². The van der Waals surface area contributed by atoms with Gasteiger partial charge in [0.25, 0.3) is 5.91 Å². The number of hydrogen-bond donors (Lipinski definition) is 2. The first-order valence-electron chi connectivity index (χ1n) is 11.6. The number of amides is 2. The second-order valence-electron chi connectivity index (χ2n) is 8.11. The van der Waals surface area contributed by atoms with Crippen LogP contribution in [0, 0.1) is 0 Å². The molecular weight excluding hydrogens is 472 g/mol. The lowest BCUT2D eigenvalue weighted by Crippen LogP contribution is -2.24.